The smallest absolute Gasteiger partial charge is 0.363 e. The number of rotatable bonds is 6. The maximum absolute atomic E-state index is 13.8. The zero-order valence-corrected chi connectivity index (χ0v) is 16.9. The van der Waals surface area contributed by atoms with Gasteiger partial charge in [0, 0.05) is 38.0 Å². The standard InChI is InChI=1S/C21H23F3N6O/c1-14-3-5-15(6-4-14)16-11-18(21(22,23)24)30-19(27-16)12-17(28-30)20(31)26-7-2-9-29-10-8-25-13-29/h3-6,8,10,12-13,16,18,27H,2,7,9,11H2,1H3,(H,26,31). The van der Waals surface area contributed by atoms with Gasteiger partial charge in [-0.3, -0.25) is 4.79 Å². The third kappa shape index (κ3) is 4.73. The number of hydrogen-bond donors (Lipinski definition) is 2. The van der Waals surface area contributed by atoms with E-state index in [2.05, 4.69) is 20.7 Å². The van der Waals surface area contributed by atoms with Gasteiger partial charge in [-0.2, -0.15) is 18.3 Å². The van der Waals surface area contributed by atoms with E-state index in [9.17, 15) is 18.0 Å². The van der Waals surface area contributed by atoms with Crippen LogP contribution in [0.15, 0.2) is 49.1 Å². The van der Waals surface area contributed by atoms with Crippen LogP contribution in [0, 0.1) is 6.92 Å². The van der Waals surface area contributed by atoms with Gasteiger partial charge in [0.15, 0.2) is 11.7 Å². The van der Waals surface area contributed by atoms with Gasteiger partial charge in [0.2, 0.25) is 0 Å². The molecular weight excluding hydrogens is 409 g/mol. The molecular formula is C21H23F3N6O. The summed E-state index contributed by atoms with van der Waals surface area (Å²) in [6.07, 6.45) is 1.14. The van der Waals surface area contributed by atoms with Crippen LogP contribution in [0.25, 0.3) is 0 Å². The Kier molecular flexibility index (Phi) is 5.71. The minimum atomic E-state index is -4.48. The molecule has 2 unspecified atom stereocenters. The van der Waals surface area contributed by atoms with E-state index in [1.54, 1.807) is 12.5 Å². The van der Waals surface area contributed by atoms with Crippen molar-refractivity contribution in [1.82, 2.24) is 24.6 Å². The predicted molar refractivity (Wildman–Crippen MR) is 109 cm³/mol. The van der Waals surface area contributed by atoms with Gasteiger partial charge in [-0.25, -0.2) is 9.67 Å². The normalized spacial score (nSPS) is 18.3. The van der Waals surface area contributed by atoms with Crippen LogP contribution in [-0.2, 0) is 6.54 Å². The lowest BCUT2D eigenvalue weighted by Gasteiger charge is -2.33. The molecule has 0 saturated heterocycles. The summed E-state index contributed by atoms with van der Waals surface area (Å²) in [6, 6.07) is 6.42. The zero-order valence-electron chi connectivity index (χ0n) is 16.9. The molecule has 3 heterocycles. The molecule has 1 aromatic carbocycles. The minimum absolute atomic E-state index is 0.0380. The number of aryl methyl sites for hydroxylation is 2. The Hall–Kier alpha value is -3.30. The number of nitrogens with one attached hydrogen (secondary N) is 2. The van der Waals surface area contributed by atoms with Gasteiger partial charge in [-0.1, -0.05) is 29.8 Å². The fraction of sp³-hybridized carbons (Fsp3) is 0.381. The SMILES string of the molecule is Cc1ccc(C2CC(C(F)(F)F)n3nc(C(=O)NCCCn4ccnc4)cc3N2)cc1. The molecule has 0 bridgehead atoms. The van der Waals surface area contributed by atoms with Crippen LogP contribution in [0.4, 0.5) is 19.0 Å². The molecule has 10 heteroatoms. The number of amides is 1. The fourth-order valence-electron chi connectivity index (χ4n) is 3.67. The van der Waals surface area contributed by atoms with Crippen LogP contribution in [0.5, 0.6) is 0 Å². The number of alkyl halides is 3. The van der Waals surface area contributed by atoms with E-state index in [4.69, 9.17) is 0 Å². The molecule has 0 fully saturated rings. The number of halogens is 3. The van der Waals surface area contributed by atoms with E-state index in [0.717, 1.165) is 15.8 Å². The number of carbonyl (C=O) groups is 1. The summed E-state index contributed by atoms with van der Waals surface area (Å²) < 4.78 is 44.1. The molecule has 0 saturated carbocycles. The molecule has 2 aromatic heterocycles. The van der Waals surface area contributed by atoms with Gasteiger partial charge in [0.05, 0.1) is 12.4 Å². The summed E-state index contributed by atoms with van der Waals surface area (Å²) in [5.41, 5.74) is 1.76. The van der Waals surface area contributed by atoms with Crippen LogP contribution in [-0.4, -0.2) is 38.0 Å². The second-order valence-corrected chi connectivity index (χ2v) is 7.67. The van der Waals surface area contributed by atoms with E-state index in [1.807, 2.05) is 42.0 Å². The Morgan fingerprint density at radius 3 is 2.74 bits per heavy atom. The lowest BCUT2D eigenvalue weighted by atomic mass is 9.96. The highest BCUT2D eigenvalue weighted by Crippen LogP contribution is 2.43. The molecule has 2 atom stereocenters. The Morgan fingerprint density at radius 2 is 2.06 bits per heavy atom. The summed E-state index contributed by atoms with van der Waals surface area (Å²) in [4.78, 5) is 16.4. The van der Waals surface area contributed by atoms with E-state index in [-0.39, 0.29) is 17.9 Å². The van der Waals surface area contributed by atoms with Crippen molar-refractivity contribution in [2.24, 2.45) is 0 Å². The molecule has 0 radical (unpaired) electrons. The average molecular weight is 432 g/mol. The van der Waals surface area contributed by atoms with Crippen molar-refractivity contribution in [3.05, 3.63) is 65.9 Å². The Morgan fingerprint density at radius 1 is 1.29 bits per heavy atom. The molecule has 2 N–H and O–H groups in total. The number of nitrogens with zero attached hydrogens (tertiary/aromatic N) is 4. The van der Waals surface area contributed by atoms with Gasteiger partial charge >= 0.3 is 6.18 Å². The molecule has 164 valence electrons. The zero-order chi connectivity index (χ0) is 22.0. The summed E-state index contributed by atoms with van der Waals surface area (Å²) >= 11 is 0. The second-order valence-electron chi connectivity index (χ2n) is 7.67. The Labute approximate surface area is 177 Å². The minimum Gasteiger partial charge on any atom is -0.363 e. The van der Waals surface area contributed by atoms with Crippen molar-refractivity contribution >= 4 is 11.7 Å². The summed E-state index contributed by atoms with van der Waals surface area (Å²) in [7, 11) is 0. The molecule has 1 aliphatic heterocycles. The largest absolute Gasteiger partial charge is 0.410 e. The van der Waals surface area contributed by atoms with Crippen LogP contribution in [0.1, 0.15) is 46.5 Å². The van der Waals surface area contributed by atoms with E-state index in [1.165, 1.54) is 6.07 Å². The first kappa shape index (κ1) is 21.0. The second kappa shape index (κ2) is 8.44. The number of aromatic nitrogens is 4. The topological polar surface area (TPSA) is 76.8 Å². The van der Waals surface area contributed by atoms with Crippen molar-refractivity contribution in [3.63, 3.8) is 0 Å². The molecule has 0 aliphatic carbocycles. The average Bonchev–Trinajstić information content (AvgIpc) is 3.39. The van der Waals surface area contributed by atoms with Crippen LogP contribution < -0.4 is 10.6 Å². The van der Waals surface area contributed by atoms with Crippen molar-refractivity contribution in [3.8, 4) is 0 Å². The van der Waals surface area contributed by atoms with Crippen LogP contribution in [0.2, 0.25) is 0 Å². The fourth-order valence-corrected chi connectivity index (χ4v) is 3.67. The third-order valence-corrected chi connectivity index (χ3v) is 5.34. The van der Waals surface area contributed by atoms with Crippen LogP contribution >= 0.6 is 0 Å². The van der Waals surface area contributed by atoms with Gasteiger partial charge in [0.25, 0.3) is 5.91 Å². The number of imidazole rings is 1. The highest BCUT2D eigenvalue weighted by atomic mass is 19.4. The van der Waals surface area contributed by atoms with E-state index < -0.39 is 24.2 Å². The Bertz CT molecular complexity index is 1030. The lowest BCUT2D eigenvalue weighted by molar-refractivity contribution is -0.173. The first-order valence-electron chi connectivity index (χ1n) is 10.0. The molecule has 3 aromatic rings. The summed E-state index contributed by atoms with van der Waals surface area (Å²) in [6.45, 7) is 2.98. The number of benzene rings is 1. The molecule has 7 nitrogen and oxygen atoms in total. The maximum atomic E-state index is 13.8. The van der Waals surface area contributed by atoms with E-state index >= 15 is 0 Å². The monoisotopic (exact) mass is 432 g/mol. The Balaban J connectivity index is 1.48. The molecule has 1 amide bonds. The highest BCUT2D eigenvalue weighted by molar-refractivity contribution is 5.93. The number of carbonyl (C=O) groups excluding carboxylic acids is 1. The number of fused-ring (bicyclic) bond motifs is 1. The molecule has 1 aliphatic rings. The number of hydrogen-bond acceptors (Lipinski definition) is 4. The lowest BCUT2D eigenvalue weighted by Crippen LogP contribution is -2.35. The van der Waals surface area contributed by atoms with E-state index in [0.29, 0.717) is 19.5 Å². The van der Waals surface area contributed by atoms with Crippen LogP contribution in [0.3, 0.4) is 0 Å². The molecule has 31 heavy (non-hydrogen) atoms. The first-order chi connectivity index (χ1) is 14.8. The molecule has 4 rings (SSSR count). The quantitative estimate of drug-likeness (QED) is 0.580. The third-order valence-electron chi connectivity index (χ3n) is 5.34. The number of anilines is 1. The van der Waals surface area contributed by atoms with Crippen molar-refractivity contribution < 1.29 is 18.0 Å². The summed E-state index contributed by atoms with van der Waals surface area (Å²) in [5.74, 6) is -0.315. The summed E-state index contributed by atoms with van der Waals surface area (Å²) in [5, 5.41) is 9.80. The van der Waals surface area contributed by atoms with Crippen molar-refractivity contribution in [2.75, 3.05) is 11.9 Å². The highest BCUT2D eigenvalue weighted by Gasteiger charge is 2.46. The predicted octanol–water partition coefficient (Wildman–Crippen LogP) is 3.87. The molecule has 0 spiro atoms. The van der Waals surface area contributed by atoms with Gasteiger partial charge in [0.1, 0.15) is 5.82 Å². The first-order valence-corrected chi connectivity index (χ1v) is 10.0. The van der Waals surface area contributed by atoms with Crippen molar-refractivity contribution in [1.29, 1.82) is 0 Å². The van der Waals surface area contributed by atoms with Gasteiger partial charge in [-0.05, 0) is 18.9 Å². The maximum Gasteiger partial charge on any atom is 0.410 e. The van der Waals surface area contributed by atoms with Gasteiger partial charge in [-0.15, -0.1) is 0 Å². The van der Waals surface area contributed by atoms with Gasteiger partial charge < -0.3 is 15.2 Å². The van der Waals surface area contributed by atoms with Crippen molar-refractivity contribution in [2.45, 2.75) is 44.6 Å².